The van der Waals surface area contributed by atoms with E-state index < -0.39 is 10.1 Å². The zero-order valence-electron chi connectivity index (χ0n) is 21.4. The van der Waals surface area contributed by atoms with Crippen molar-refractivity contribution >= 4 is 20.9 Å². The van der Waals surface area contributed by atoms with E-state index >= 15 is 0 Å². The maximum absolute atomic E-state index is 12.9. The van der Waals surface area contributed by atoms with Crippen LogP contribution in [-0.2, 0) is 10.1 Å². The molecule has 1 N–H and O–H groups in total. The molecule has 0 spiro atoms. The molecule has 0 fully saturated rings. The molecule has 0 aromatic heterocycles. The van der Waals surface area contributed by atoms with Crippen molar-refractivity contribution in [1.29, 1.82) is 0 Å². The first-order valence-electron chi connectivity index (χ1n) is 12.3. The highest BCUT2D eigenvalue weighted by Crippen LogP contribution is 2.45. The SMILES string of the molecule is CC(C)CC(CC(C)C)c1cc2ccccc2c(S(=O)(=O)O)c1C(CC(C)C)CC(C)C. The molecule has 0 aliphatic carbocycles. The predicted octanol–water partition coefficient (Wildman–Crippen LogP) is 8.44. The van der Waals surface area contributed by atoms with Gasteiger partial charge < -0.3 is 0 Å². The molecule has 3 nitrogen and oxygen atoms in total. The van der Waals surface area contributed by atoms with Crippen LogP contribution < -0.4 is 0 Å². The van der Waals surface area contributed by atoms with Gasteiger partial charge in [0.15, 0.2) is 0 Å². The quantitative estimate of drug-likeness (QED) is 0.342. The smallest absolute Gasteiger partial charge is 0.282 e. The van der Waals surface area contributed by atoms with E-state index in [1.165, 1.54) is 0 Å². The first kappa shape index (κ1) is 26.9. The molecule has 180 valence electrons. The number of rotatable bonds is 11. The maximum Gasteiger partial charge on any atom is 0.295 e. The molecule has 4 heteroatoms. The van der Waals surface area contributed by atoms with Crippen LogP contribution in [0.3, 0.4) is 0 Å². The standard InChI is InChI=1S/C28H44O3S/c1-18(2)13-23(14-19(3)4)26-17-22-11-9-10-12-25(22)28(32(29,30)31)27(26)24(15-20(5)6)16-21(7)8/h9-12,17-21,23-24H,13-16H2,1-8H3,(H,29,30,31). The molecular weight excluding hydrogens is 416 g/mol. The Morgan fingerprint density at radius 2 is 1.16 bits per heavy atom. The van der Waals surface area contributed by atoms with Crippen LogP contribution in [0.15, 0.2) is 35.2 Å². The van der Waals surface area contributed by atoms with Gasteiger partial charge >= 0.3 is 0 Å². The fourth-order valence-corrected chi connectivity index (χ4v) is 6.37. The largest absolute Gasteiger partial charge is 0.295 e. The average Bonchev–Trinajstić information content (AvgIpc) is 2.63. The van der Waals surface area contributed by atoms with Crippen molar-refractivity contribution in [1.82, 2.24) is 0 Å². The second-order valence-electron chi connectivity index (χ2n) is 11.3. The highest BCUT2D eigenvalue weighted by molar-refractivity contribution is 7.86. The lowest BCUT2D eigenvalue weighted by atomic mass is 9.75. The molecular formula is C28H44O3S. The van der Waals surface area contributed by atoms with Gasteiger partial charge in [-0.3, -0.25) is 4.55 Å². The second-order valence-corrected chi connectivity index (χ2v) is 12.7. The van der Waals surface area contributed by atoms with E-state index in [0.29, 0.717) is 29.1 Å². The number of hydrogen-bond donors (Lipinski definition) is 1. The zero-order chi connectivity index (χ0) is 24.2. The van der Waals surface area contributed by atoms with Crippen LogP contribution in [0.5, 0.6) is 0 Å². The van der Waals surface area contributed by atoms with E-state index in [9.17, 15) is 13.0 Å². The molecule has 0 saturated carbocycles. The molecule has 0 amide bonds. The molecule has 0 saturated heterocycles. The first-order valence-corrected chi connectivity index (χ1v) is 13.8. The molecule has 0 aliphatic heterocycles. The molecule has 0 bridgehead atoms. The number of fused-ring (bicyclic) bond motifs is 1. The van der Waals surface area contributed by atoms with Crippen molar-refractivity contribution in [3.05, 3.63) is 41.5 Å². The third kappa shape index (κ3) is 7.05. The molecule has 2 aromatic carbocycles. The van der Waals surface area contributed by atoms with Gasteiger partial charge in [-0.05, 0) is 77.7 Å². The summed E-state index contributed by atoms with van der Waals surface area (Å²) in [5.74, 6) is 2.22. The zero-order valence-corrected chi connectivity index (χ0v) is 22.2. The summed E-state index contributed by atoms with van der Waals surface area (Å²) in [7, 11) is -4.39. The van der Waals surface area contributed by atoms with Gasteiger partial charge in [0.2, 0.25) is 0 Å². The first-order chi connectivity index (χ1) is 14.8. The van der Waals surface area contributed by atoms with Gasteiger partial charge in [0.25, 0.3) is 10.1 Å². The molecule has 0 atom stereocenters. The van der Waals surface area contributed by atoms with Crippen molar-refractivity contribution in [3.8, 4) is 0 Å². The number of benzene rings is 2. The summed E-state index contributed by atoms with van der Waals surface area (Å²) in [5, 5.41) is 1.53. The third-order valence-electron chi connectivity index (χ3n) is 6.20. The summed E-state index contributed by atoms with van der Waals surface area (Å²) >= 11 is 0. The van der Waals surface area contributed by atoms with E-state index in [2.05, 4.69) is 61.5 Å². The minimum Gasteiger partial charge on any atom is -0.282 e. The summed E-state index contributed by atoms with van der Waals surface area (Å²) in [5.41, 5.74) is 2.00. The van der Waals surface area contributed by atoms with Gasteiger partial charge in [-0.1, -0.05) is 85.7 Å². The Hall–Kier alpha value is -1.39. The molecule has 2 aromatic rings. The Labute approximate surface area is 196 Å². The van der Waals surface area contributed by atoms with Crippen molar-refractivity contribution in [2.75, 3.05) is 0 Å². The lowest BCUT2D eigenvalue weighted by molar-refractivity contribution is 0.395. The normalized spacial score (nSPS) is 13.1. The van der Waals surface area contributed by atoms with Crippen molar-refractivity contribution in [2.45, 2.75) is 97.8 Å². The molecule has 2 rings (SSSR count). The minimum absolute atomic E-state index is 0.0911. The summed E-state index contributed by atoms with van der Waals surface area (Å²) in [6.07, 6.45) is 3.82. The molecule has 0 aliphatic rings. The van der Waals surface area contributed by atoms with Crippen molar-refractivity contribution < 1.29 is 13.0 Å². The third-order valence-corrected chi connectivity index (χ3v) is 7.16. The van der Waals surface area contributed by atoms with Crippen LogP contribution in [0.1, 0.15) is 104 Å². The van der Waals surface area contributed by atoms with E-state index in [0.717, 1.165) is 42.2 Å². The van der Waals surface area contributed by atoms with E-state index in [-0.39, 0.29) is 16.7 Å². The van der Waals surface area contributed by atoms with E-state index in [1.54, 1.807) is 0 Å². The van der Waals surface area contributed by atoms with Gasteiger partial charge in [0, 0.05) is 5.39 Å². The van der Waals surface area contributed by atoms with E-state index in [1.807, 2.05) is 24.3 Å². The molecule has 0 radical (unpaired) electrons. The van der Waals surface area contributed by atoms with Gasteiger partial charge in [-0.2, -0.15) is 8.42 Å². The monoisotopic (exact) mass is 460 g/mol. The Balaban J connectivity index is 2.98. The summed E-state index contributed by atoms with van der Waals surface area (Å²) < 4.78 is 36.4. The summed E-state index contributed by atoms with van der Waals surface area (Å²) in [6.45, 7) is 17.7. The number of hydrogen-bond acceptors (Lipinski definition) is 2. The van der Waals surface area contributed by atoms with Crippen molar-refractivity contribution in [2.24, 2.45) is 23.7 Å². The highest BCUT2D eigenvalue weighted by Gasteiger charge is 2.32. The minimum atomic E-state index is -4.39. The summed E-state index contributed by atoms with van der Waals surface area (Å²) in [4.78, 5) is 0.148. The van der Waals surface area contributed by atoms with Gasteiger partial charge in [-0.15, -0.1) is 0 Å². The van der Waals surface area contributed by atoms with Crippen LogP contribution in [0.4, 0.5) is 0 Å². The van der Waals surface area contributed by atoms with Crippen LogP contribution in [0.25, 0.3) is 10.8 Å². The lowest BCUT2D eigenvalue weighted by Gasteiger charge is -2.31. The summed E-state index contributed by atoms with van der Waals surface area (Å²) in [6, 6.07) is 9.84. The van der Waals surface area contributed by atoms with Gasteiger partial charge in [-0.25, -0.2) is 0 Å². The Kier molecular flexibility index (Phi) is 9.36. The molecule has 0 heterocycles. The van der Waals surface area contributed by atoms with Crippen molar-refractivity contribution in [3.63, 3.8) is 0 Å². The van der Waals surface area contributed by atoms with Crippen LogP contribution >= 0.6 is 0 Å². The fraction of sp³-hybridized carbons (Fsp3) is 0.643. The Morgan fingerprint density at radius 3 is 1.59 bits per heavy atom. The van der Waals surface area contributed by atoms with Crippen LogP contribution in [0.2, 0.25) is 0 Å². The lowest BCUT2D eigenvalue weighted by Crippen LogP contribution is -2.18. The second kappa shape index (κ2) is 11.2. The Morgan fingerprint density at radius 1 is 0.719 bits per heavy atom. The molecule has 0 unspecified atom stereocenters. The van der Waals surface area contributed by atoms with Crippen LogP contribution in [0, 0.1) is 23.7 Å². The average molecular weight is 461 g/mol. The van der Waals surface area contributed by atoms with Gasteiger partial charge in [0.1, 0.15) is 4.90 Å². The maximum atomic E-state index is 12.9. The Bertz CT molecular complexity index is 967. The highest BCUT2D eigenvalue weighted by atomic mass is 32.2. The predicted molar refractivity (Wildman–Crippen MR) is 137 cm³/mol. The van der Waals surface area contributed by atoms with E-state index in [4.69, 9.17) is 0 Å². The fourth-order valence-electron chi connectivity index (χ4n) is 5.35. The molecule has 32 heavy (non-hydrogen) atoms. The van der Waals surface area contributed by atoms with Crippen LogP contribution in [-0.4, -0.2) is 13.0 Å². The topological polar surface area (TPSA) is 54.4 Å². The van der Waals surface area contributed by atoms with Gasteiger partial charge in [0.05, 0.1) is 0 Å².